The number of fused-ring (bicyclic) bond motifs is 2. The molecule has 0 amide bonds. The highest BCUT2D eigenvalue weighted by atomic mass is 35.5. The fourth-order valence-electron chi connectivity index (χ4n) is 3.33. The number of aryl methyl sites for hydroxylation is 1. The largest absolute Gasteiger partial charge is 0.393 e. The predicted molar refractivity (Wildman–Crippen MR) is 69.4 cm³/mol. The Morgan fingerprint density at radius 3 is 2.61 bits per heavy atom. The van der Waals surface area contributed by atoms with Gasteiger partial charge in [0, 0.05) is 17.8 Å². The van der Waals surface area contributed by atoms with Crippen LogP contribution in [0.4, 0.5) is 0 Å². The molecule has 98 valence electrons. The van der Waals surface area contributed by atoms with Crippen molar-refractivity contribution in [2.75, 3.05) is 0 Å². The molecule has 0 spiro atoms. The Morgan fingerprint density at radius 2 is 2.00 bits per heavy atom. The zero-order valence-corrected chi connectivity index (χ0v) is 11.3. The number of piperidine rings is 1. The summed E-state index contributed by atoms with van der Waals surface area (Å²) in [5.41, 5.74) is 0.911. The van der Waals surface area contributed by atoms with Gasteiger partial charge in [0.05, 0.1) is 12.6 Å². The van der Waals surface area contributed by atoms with Crippen LogP contribution < -0.4 is 0 Å². The van der Waals surface area contributed by atoms with Crippen molar-refractivity contribution in [3.8, 4) is 0 Å². The van der Waals surface area contributed by atoms with E-state index in [9.17, 15) is 5.11 Å². The van der Waals surface area contributed by atoms with Gasteiger partial charge < -0.3 is 5.11 Å². The standard InChI is InChI=1S/C13H18ClN3O/c1-8-4-12(14)16-13(15-8)7-17-9-2-3-10(17)6-11(18)5-9/h4,9-11,18H,2-3,5-7H2,1H3. The molecule has 2 aliphatic rings. The van der Waals surface area contributed by atoms with Crippen LogP contribution in [0.5, 0.6) is 0 Å². The summed E-state index contributed by atoms with van der Waals surface area (Å²) in [5.74, 6) is 0.799. The molecule has 0 aromatic carbocycles. The van der Waals surface area contributed by atoms with Gasteiger partial charge in [-0.25, -0.2) is 9.97 Å². The maximum atomic E-state index is 9.78. The molecule has 2 aliphatic heterocycles. The van der Waals surface area contributed by atoms with Crippen LogP contribution in [0, 0.1) is 6.92 Å². The Balaban J connectivity index is 1.77. The molecule has 5 heteroatoms. The van der Waals surface area contributed by atoms with Crippen molar-refractivity contribution in [1.29, 1.82) is 0 Å². The van der Waals surface area contributed by atoms with E-state index in [4.69, 9.17) is 11.6 Å². The second-order valence-electron chi connectivity index (χ2n) is 5.43. The van der Waals surface area contributed by atoms with E-state index >= 15 is 0 Å². The van der Waals surface area contributed by atoms with Crippen LogP contribution in [0.2, 0.25) is 5.15 Å². The van der Waals surface area contributed by atoms with E-state index in [0.29, 0.717) is 17.2 Å². The Bertz CT molecular complexity index is 420. The van der Waals surface area contributed by atoms with Crippen LogP contribution in [0.3, 0.4) is 0 Å². The molecule has 2 unspecified atom stereocenters. The smallest absolute Gasteiger partial charge is 0.144 e. The van der Waals surface area contributed by atoms with Crippen LogP contribution in [-0.4, -0.2) is 38.2 Å². The van der Waals surface area contributed by atoms with E-state index in [0.717, 1.165) is 30.9 Å². The van der Waals surface area contributed by atoms with E-state index in [-0.39, 0.29) is 6.10 Å². The van der Waals surface area contributed by atoms with Gasteiger partial charge in [-0.3, -0.25) is 4.90 Å². The maximum absolute atomic E-state index is 9.78. The van der Waals surface area contributed by atoms with Crippen molar-refractivity contribution in [2.24, 2.45) is 0 Å². The van der Waals surface area contributed by atoms with E-state index in [1.807, 2.05) is 6.92 Å². The monoisotopic (exact) mass is 267 g/mol. The van der Waals surface area contributed by atoms with Crippen LogP contribution in [0.25, 0.3) is 0 Å². The Morgan fingerprint density at radius 1 is 1.33 bits per heavy atom. The van der Waals surface area contributed by atoms with Crippen molar-refractivity contribution in [2.45, 2.75) is 57.3 Å². The summed E-state index contributed by atoms with van der Waals surface area (Å²) < 4.78 is 0. The average molecular weight is 268 g/mol. The minimum absolute atomic E-state index is 0.124. The molecule has 3 rings (SSSR count). The van der Waals surface area contributed by atoms with Crippen molar-refractivity contribution >= 4 is 11.6 Å². The van der Waals surface area contributed by atoms with Gasteiger partial charge in [-0.05, 0) is 38.7 Å². The maximum Gasteiger partial charge on any atom is 0.144 e. The number of hydrogen-bond donors (Lipinski definition) is 1. The highest BCUT2D eigenvalue weighted by Gasteiger charge is 2.40. The van der Waals surface area contributed by atoms with Crippen molar-refractivity contribution in [1.82, 2.24) is 14.9 Å². The number of halogens is 1. The number of aromatic nitrogens is 2. The molecular weight excluding hydrogens is 250 g/mol. The zero-order chi connectivity index (χ0) is 12.7. The summed E-state index contributed by atoms with van der Waals surface area (Å²) in [6.45, 7) is 2.69. The van der Waals surface area contributed by atoms with Gasteiger partial charge >= 0.3 is 0 Å². The lowest BCUT2D eigenvalue weighted by molar-refractivity contribution is 0.0296. The Hall–Kier alpha value is -0.710. The van der Waals surface area contributed by atoms with Crippen molar-refractivity contribution in [3.63, 3.8) is 0 Å². The molecular formula is C13H18ClN3O. The first-order valence-electron chi connectivity index (χ1n) is 6.55. The van der Waals surface area contributed by atoms with Gasteiger partial charge in [0.1, 0.15) is 11.0 Å². The summed E-state index contributed by atoms with van der Waals surface area (Å²) in [5, 5.41) is 10.3. The molecule has 0 radical (unpaired) electrons. The lowest BCUT2D eigenvalue weighted by Gasteiger charge is -2.36. The second-order valence-corrected chi connectivity index (χ2v) is 5.82. The van der Waals surface area contributed by atoms with Crippen LogP contribution >= 0.6 is 11.6 Å². The van der Waals surface area contributed by atoms with E-state index in [1.165, 1.54) is 12.8 Å². The topological polar surface area (TPSA) is 49.2 Å². The molecule has 1 aromatic rings. The fraction of sp³-hybridized carbons (Fsp3) is 0.692. The molecule has 18 heavy (non-hydrogen) atoms. The Labute approximate surface area is 112 Å². The lowest BCUT2D eigenvalue weighted by atomic mass is 10.00. The van der Waals surface area contributed by atoms with E-state index in [2.05, 4.69) is 14.9 Å². The third kappa shape index (κ3) is 2.37. The van der Waals surface area contributed by atoms with Gasteiger partial charge in [-0.15, -0.1) is 0 Å². The first-order chi connectivity index (χ1) is 8.61. The van der Waals surface area contributed by atoms with Crippen LogP contribution in [0.15, 0.2) is 6.07 Å². The first-order valence-corrected chi connectivity index (χ1v) is 6.93. The molecule has 2 bridgehead atoms. The summed E-state index contributed by atoms with van der Waals surface area (Å²) in [7, 11) is 0. The SMILES string of the molecule is Cc1cc(Cl)nc(CN2C3CCC2CC(O)C3)n1. The van der Waals surface area contributed by atoms with Crippen molar-refractivity contribution in [3.05, 3.63) is 22.7 Å². The first kappa shape index (κ1) is 12.3. The molecule has 1 N–H and O–H groups in total. The summed E-state index contributed by atoms with van der Waals surface area (Å²) in [6, 6.07) is 2.75. The predicted octanol–water partition coefficient (Wildman–Crippen LogP) is 1.93. The van der Waals surface area contributed by atoms with Gasteiger partial charge in [0.2, 0.25) is 0 Å². The minimum atomic E-state index is -0.124. The second kappa shape index (κ2) is 4.76. The van der Waals surface area contributed by atoms with Crippen LogP contribution in [0.1, 0.15) is 37.2 Å². The van der Waals surface area contributed by atoms with Crippen molar-refractivity contribution < 1.29 is 5.11 Å². The number of aliphatic hydroxyl groups is 1. The molecule has 3 heterocycles. The highest BCUT2D eigenvalue weighted by Crippen LogP contribution is 2.36. The summed E-state index contributed by atoms with van der Waals surface area (Å²) >= 11 is 5.97. The quantitative estimate of drug-likeness (QED) is 0.832. The molecule has 0 aliphatic carbocycles. The minimum Gasteiger partial charge on any atom is -0.393 e. The molecule has 1 aromatic heterocycles. The fourth-order valence-corrected chi connectivity index (χ4v) is 3.58. The number of nitrogens with zero attached hydrogens (tertiary/aromatic N) is 3. The molecule has 2 saturated heterocycles. The summed E-state index contributed by atoms with van der Waals surface area (Å²) in [4.78, 5) is 11.2. The number of hydrogen-bond acceptors (Lipinski definition) is 4. The van der Waals surface area contributed by atoms with E-state index in [1.54, 1.807) is 6.07 Å². The highest BCUT2D eigenvalue weighted by molar-refractivity contribution is 6.29. The summed E-state index contributed by atoms with van der Waals surface area (Å²) in [6.07, 6.45) is 4.01. The molecule has 4 nitrogen and oxygen atoms in total. The molecule has 0 saturated carbocycles. The number of rotatable bonds is 2. The van der Waals surface area contributed by atoms with Gasteiger partial charge in [0.25, 0.3) is 0 Å². The lowest BCUT2D eigenvalue weighted by Crippen LogP contribution is -2.44. The third-order valence-corrected chi connectivity index (χ3v) is 4.25. The van der Waals surface area contributed by atoms with Gasteiger partial charge in [0.15, 0.2) is 0 Å². The average Bonchev–Trinajstić information content (AvgIpc) is 2.53. The number of aliphatic hydroxyl groups excluding tert-OH is 1. The van der Waals surface area contributed by atoms with Gasteiger partial charge in [-0.2, -0.15) is 0 Å². The third-order valence-electron chi connectivity index (χ3n) is 4.05. The zero-order valence-electron chi connectivity index (χ0n) is 10.5. The molecule has 2 atom stereocenters. The normalized spacial score (nSPS) is 31.8. The Kier molecular flexibility index (Phi) is 3.26. The van der Waals surface area contributed by atoms with E-state index < -0.39 is 0 Å². The van der Waals surface area contributed by atoms with Crippen LogP contribution in [-0.2, 0) is 6.54 Å². The van der Waals surface area contributed by atoms with Gasteiger partial charge in [-0.1, -0.05) is 11.6 Å². The molecule has 2 fully saturated rings.